The van der Waals surface area contributed by atoms with Gasteiger partial charge in [-0.05, 0) is 78.1 Å². The SMILES string of the molecule is Clc1ccc2c3ccccc3c3c4ccc(Br)cc4c4ccccc4c3c2c1. The Labute approximate surface area is 175 Å². The lowest BCUT2D eigenvalue weighted by atomic mass is 9.87. The Hall–Kier alpha value is -2.61. The first-order chi connectivity index (χ1) is 13.7. The molecule has 6 aromatic rings. The van der Waals surface area contributed by atoms with Crippen molar-refractivity contribution in [1.29, 1.82) is 0 Å². The Kier molecular flexibility index (Phi) is 3.47. The maximum absolute atomic E-state index is 6.45. The largest absolute Gasteiger partial charge is 0.0843 e. The summed E-state index contributed by atoms with van der Waals surface area (Å²) >= 11 is 10.1. The van der Waals surface area contributed by atoms with Crippen LogP contribution in [0.1, 0.15) is 0 Å². The van der Waals surface area contributed by atoms with E-state index in [1.54, 1.807) is 0 Å². The van der Waals surface area contributed by atoms with Gasteiger partial charge in [-0.3, -0.25) is 0 Å². The smallest absolute Gasteiger partial charge is 0.0412 e. The second-order valence-corrected chi connectivity index (χ2v) is 8.57. The first-order valence-corrected chi connectivity index (χ1v) is 10.4. The lowest BCUT2D eigenvalue weighted by molar-refractivity contribution is 1.74. The molecule has 0 saturated heterocycles. The minimum atomic E-state index is 0.768. The zero-order chi connectivity index (χ0) is 18.8. The highest BCUT2D eigenvalue weighted by molar-refractivity contribution is 9.10. The summed E-state index contributed by atoms with van der Waals surface area (Å²) in [5.74, 6) is 0. The molecule has 0 atom stereocenters. The van der Waals surface area contributed by atoms with E-state index >= 15 is 0 Å². The maximum Gasteiger partial charge on any atom is 0.0412 e. The number of hydrogen-bond donors (Lipinski definition) is 0. The molecule has 0 bridgehead atoms. The first-order valence-electron chi connectivity index (χ1n) is 9.26. The van der Waals surface area contributed by atoms with E-state index in [9.17, 15) is 0 Å². The predicted molar refractivity (Wildman–Crippen MR) is 127 cm³/mol. The van der Waals surface area contributed by atoms with E-state index in [0.29, 0.717) is 0 Å². The number of fused-ring (bicyclic) bond motifs is 11. The van der Waals surface area contributed by atoms with Crippen LogP contribution < -0.4 is 0 Å². The number of benzene rings is 6. The van der Waals surface area contributed by atoms with Crippen molar-refractivity contribution in [3.63, 3.8) is 0 Å². The van der Waals surface area contributed by atoms with E-state index in [1.807, 2.05) is 6.07 Å². The Bertz CT molecular complexity index is 1580. The fraction of sp³-hybridized carbons (Fsp3) is 0. The van der Waals surface area contributed by atoms with Crippen LogP contribution in [0.4, 0.5) is 0 Å². The van der Waals surface area contributed by atoms with Crippen molar-refractivity contribution < 1.29 is 0 Å². The number of halogens is 2. The summed E-state index contributed by atoms with van der Waals surface area (Å²) < 4.78 is 1.10. The molecule has 0 amide bonds. The van der Waals surface area contributed by atoms with E-state index in [2.05, 4.69) is 94.8 Å². The highest BCUT2D eigenvalue weighted by Gasteiger charge is 2.15. The molecule has 132 valence electrons. The number of rotatable bonds is 0. The molecule has 0 heterocycles. The molecular formula is C26H14BrCl. The van der Waals surface area contributed by atoms with Crippen LogP contribution in [-0.4, -0.2) is 0 Å². The van der Waals surface area contributed by atoms with Gasteiger partial charge in [0, 0.05) is 9.50 Å². The molecule has 0 unspecified atom stereocenters. The molecule has 0 nitrogen and oxygen atoms in total. The molecule has 0 fully saturated rings. The van der Waals surface area contributed by atoms with E-state index in [4.69, 9.17) is 11.6 Å². The molecule has 6 aromatic carbocycles. The lowest BCUT2D eigenvalue weighted by Gasteiger charge is -2.16. The molecule has 0 aliphatic rings. The van der Waals surface area contributed by atoms with Crippen molar-refractivity contribution in [2.24, 2.45) is 0 Å². The van der Waals surface area contributed by atoms with Gasteiger partial charge in [-0.15, -0.1) is 0 Å². The van der Waals surface area contributed by atoms with E-state index in [0.717, 1.165) is 9.50 Å². The van der Waals surface area contributed by atoms with Gasteiger partial charge in [-0.2, -0.15) is 0 Å². The third kappa shape index (κ3) is 2.18. The van der Waals surface area contributed by atoms with Gasteiger partial charge < -0.3 is 0 Å². The summed E-state index contributed by atoms with van der Waals surface area (Å²) in [4.78, 5) is 0. The maximum atomic E-state index is 6.45. The second-order valence-electron chi connectivity index (χ2n) is 7.22. The highest BCUT2D eigenvalue weighted by Crippen LogP contribution is 2.44. The van der Waals surface area contributed by atoms with Crippen molar-refractivity contribution in [3.8, 4) is 0 Å². The van der Waals surface area contributed by atoms with Crippen LogP contribution in [0, 0.1) is 0 Å². The Morgan fingerprint density at radius 1 is 0.464 bits per heavy atom. The topological polar surface area (TPSA) is 0 Å². The van der Waals surface area contributed by atoms with Crippen LogP contribution in [0.15, 0.2) is 89.4 Å². The highest BCUT2D eigenvalue weighted by atomic mass is 79.9. The van der Waals surface area contributed by atoms with Crippen LogP contribution in [0.5, 0.6) is 0 Å². The molecule has 0 aliphatic carbocycles. The third-order valence-electron chi connectivity index (χ3n) is 5.73. The Balaban J connectivity index is 2.11. The second kappa shape index (κ2) is 5.94. The molecule has 0 radical (unpaired) electrons. The van der Waals surface area contributed by atoms with Gasteiger partial charge in [-0.1, -0.05) is 88.2 Å². The molecule has 0 aromatic heterocycles. The summed E-state index contributed by atoms with van der Waals surface area (Å²) in [5, 5.41) is 13.4. The lowest BCUT2D eigenvalue weighted by Crippen LogP contribution is -1.88. The van der Waals surface area contributed by atoms with E-state index in [-0.39, 0.29) is 0 Å². The Morgan fingerprint density at radius 2 is 0.964 bits per heavy atom. The zero-order valence-corrected chi connectivity index (χ0v) is 17.2. The summed E-state index contributed by atoms with van der Waals surface area (Å²) in [7, 11) is 0. The van der Waals surface area contributed by atoms with Crippen LogP contribution >= 0.6 is 27.5 Å². The fourth-order valence-corrected chi connectivity index (χ4v) is 5.15. The molecule has 6 rings (SSSR count). The van der Waals surface area contributed by atoms with Crippen molar-refractivity contribution in [1.82, 2.24) is 0 Å². The van der Waals surface area contributed by atoms with Crippen molar-refractivity contribution in [2.75, 3.05) is 0 Å². The average Bonchev–Trinajstić information content (AvgIpc) is 2.73. The molecular weight excluding hydrogens is 428 g/mol. The summed E-state index contributed by atoms with van der Waals surface area (Å²) in [5.41, 5.74) is 0. The zero-order valence-electron chi connectivity index (χ0n) is 14.8. The van der Waals surface area contributed by atoms with Crippen molar-refractivity contribution in [2.45, 2.75) is 0 Å². The van der Waals surface area contributed by atoms with Crippen molar-refractivity contribution in [3.05, 3.63) is 94.4 Å². The monoisotopic (exact) mass is 440 g/mol. The average molecular weight is 442 g/mol. The predicted octanol–water partition coefficient (Wildman–Crippen LogP) is 8.87. The van der Waals surface area contributed by atoms with Gasteiger partial charge in [0.15, 0.2) is 0 Å². The van der Waals surface area contributed by atoms with Gasteiger partial charge in [0.2, 0.25) is 0 Å². The van der Waals surface area contributed by atoms with Gasteiger partial charge in [0.25, 0.3) is 0 Å². The molecule has 2 heteroatoms. The van der Waals surface area contributed by atoms with Crippen LogP contribution in [0.3, 0.4) is 0 Å². The number of hydrogen-bond acceptors (Lipinski definition) is 0. The van der Waals surface area contributed by atoms with E-state index < -0.39 is 0 Å². The third-order valence-corrected chi connectivity index (χ3v) is 6.45. The van der Waals surface area contributed by atoms with Gasteiger partial charge in [0.05, 0.1) is 0 Å². The molecule has 28 heavy (non-hydrogen) atoms. The van der Waals surface area contributed by atoms with Crippen LogP contribution in [0.2, 0.25) is 5.02 Å². The molecule has 0 N–H and O–H groups in total. The van der Waals surface area contributed by atoms with Gasteiger partial charge >= 0.3 is 0 Å². The first kappa shape index (κ1) is 16.4. The minimum Gasteiger partial charge on any atom is -0.0843 e. The standard InChI is InChI=1S/C26H14BrCl/c27-15-9-11-22-23(13-15)18-6-2-4-8-21(18)26-24-14-16(28)10-12-19(24)17-5-1-3-7-20(17)25(22)26/h1-14H. The summed E-state index contributed by atoms with van der Waals surface area (Å²) in [6.45, 7) is 0. The summed E-state index contributed by atoms with van der Waals surface area (Å²) in [6, 6.07) is 30.2. The minimum absolute atomic E-state index is 0.768. The van der Waals surface area contributed by atoms with E-state index in [1.165, 1.54) is 53.9 Å². The van der Waals surface area contributed by atoms with Gasteiger partial charge in [0.1, 0.15) is 0 Å². The fourth-order valence-electron chi connectivity index (χ4n) is 4.62. The Morgan fingerprint density at radius 3 is 1.68 bits per heavy atom. The quantitative estimate of drug-likeness (QED) is 0.206. The molecule has 0 aliphatic heterocycles. The van der Waals surface area contributed by atoms with Gasteiger partial charge in [-0.25, -0.2) is 0 Å². The normalized spacial score (nSPS) is 11.9. The van der Waals surface area contributed by atoms with Crippen molar-refractivity contribution >= 4 is 81.4 Å². The van der Waals surface area contributed by atoms with Crippen LogP contribution in [0.25, 0.3) is 53.9 Å². The van der Waals surface area contributed by atoms with Crippen LogP contribution in [-0.2, 0) is 0 Å². The summed E-state index contributed by atoms with van der Waals surface area (Å²) in [6.07, 6.45) is 0. The molecule has 0 spiro atoms. The molecule has 0 saturated carbocycles.